The smallest absolute Gasteiger partial charge is 0.303 e. The van der Waals surface area contributed by atoms with Gasteiger partial charge < -0.3 is 36.9 Å². The summed E-state index contributed by atoms with van der Waals surface area (Å²) in [5.74, 6) is -2.52. The van der Waals surface area contributed by atoms with Crippen LogP contribution in [-0.2, 0) is 30.4 Å². The van der Waals surface area contributed by atoms with E-state index in [1.807, 2.05) is 30.3 Å². The third kappa shape index (κ3) is 10.3. The number of nitrogens with zero attached hydrogens (tertiary/aromatic N) is 2. The summed E-state index contributed by atoms with van der Waals surface area (Å²) in [4.78, 5) is 66.7. The molecule has 1 saturated heterocycles. The molecule has 1 aromatic rings. The summed E-state index contributed by atoms with van der Waals surface area (Å²) >= 11 is 0. The third-order valence-electron chi connectivity index (χ3n) is 6.06. The summed E-state index contributed by atoms with van der Waals surface area (Å²) in [5.41, 5.74) is 11.5. The predicted molar refractivity (Wildman–Crippen MR) is 136 cm³/mol. The zero-order valence-electron chi connectivity index (χ0n) is 20.8. The Kier molecular flexibility index (Phi) is 12.0. The normalized spacial score (nSPS) is 16.3. The standard InChI is InChI=1S/C25H36N6O6/c26-25(27)28-14-4-8-18(16-32)29-23(36)20-9-5-15-31(20)24(37)19(11-13-22(34)35)30-21(33)12-10-17-6-2-1-3-7-17/h1-3,6-7,16,18-20H,4-5,8-15H2,(H,29,36)(H,30,33)(H,34,35)(H4,26,27,28)/t18-,19-,20-/m0/s1. The maximum atomic E-state index is 13.3. The van der Waals surface area contributed by atoms with Crippen LogP contribution in [0.4, 0.5) is 0 Å². The lowest BCUT2D eigenvalue weighted by atomic mass is 10.1. The zero-order valence-corrected chi connectivity index (χ0v) is 20.8. The van der Waals surface area contributed by atoms with Gasteiger partial charge in [-0.05, 0) is 44.1 Å². The van der Waals surface area contributed by atoms with Crippen LogP contribution in [0.3, 0.4) is 0 Å². The summed E-state index contributed by atoms with van der Waals surface area (Å²) in [5, 5.41) is 14.4. The number of nitrogens with one attached hydrogen (secondary N) is 2. The highest BCUT2D eigenvalue weighted by Crippen LogP contribution is 2.20. The number of carbonyl (C=O) groups excluding carboxylic acids is 4. The van der Waals surface area contributed by atoms with Crippen LogP contribution in [0.25, 0.3) is 0 Å². The van der Waals surface area contributed by atoms with Gasteiger partial charge in [-0.25, -0.2) is 0 Å². The Morgan fingerprint density at radius 3 is 2.49 bits per heavy atom. The van der Waals surface area contributed by atoms with Crippen molar-refractivity contribution in [3.05, 3.63) is 35.9 Å². The maximum Gasteiger partial charge on any atom is 0.303 e. The van der Waals surface area contributed by atoms with Gasteiger partial charge in [-0.1, -0.05) is 30.3 Å². The van der Waals surface area contributed by atoms with Gasteiger partial charge in [-0.2, -0.15) is 0 Å². The van der Waals surface area contributed by atoms with E-state index in [1.165, 1.54) is 4.90 Å². The van der Waals surface area contributed by atoms with Crippen LogP contribution >= 0.6 is 0 Å². The molecule has 0 aromatic heterocycles. The van der Waals surface area contributed by atoms with Crippen molar-refractivity contribution in [2.75, 3.05) is 13.1 Å². The number of aryl methyl sites for hydroxylation is 1. The fourth-order valence-corrected chi connectivity index (χ4v) is 4.17. The number of amides is 3. The molecule has 1 aliphatic rings. The number of hydrogen-bond acceptors (Lipinski definition) is 6. The molecule has 2 rings (SSSR count). The van der Waals surface area contributed by atoms with Gasteiger partial charge in [0.1, 0.15) is 18.4 Å². The van der Waals surface area contributed by atoms with E-state index in [1.54, 1.807) is 0 Å². The van der Waals surface area contributed by atoms with Crippen molar-refractivity contribution in [1.29, 1.82) is 0 Å². The largest absolute Gasteiger partial charge is 0.481 e. The molecule has 1 fully saturated rings. The zero-order chi connectivity index (χ0) is 27.2. The summed E-state index contributed by atoms with van der Waals surface area (Å²) in [7, 11) is 0. The van der Waals surface area contributed by atoms with Gasteiger partial charge in [-0.15, -0.1) is 0 Å². The molecule has 37 heavy (non-hydrogen) atoms. The number of likely N-dealkylation sites (tertiary alicyclic amines) is 1. The van der Waals surface area contributed by atoms with Crippen molar-refractivity contribution in [2.24, 2.45) is 16.5 Å². The summed E-state index contributed by atoms with van der Waals surface area (Å²) < 4.78 is 0. The van der Waals surface area contributed by atoms with E-state index in [0.29, 0.717) is 44.9 Å². The highest BCUT2D eigenvalue weighted by molar-refractivity contribution is 5.93. The molecular formula is C25H36N6O6. The first-order valence-corrected chi connectivity index (χ1v) is 12.4. The average molecular weight is 517 g/mol. The van der Waals surface area contributed by atoms with Gasteiger partial charge in [-0.3, -0.25) is 24.2 Å². The van der Waals surface area contributed by atoms with E-state index >= 15 is 0 Å². The van der Waals surface area contributed by atoms with Crippen LogP contribution in [-0.4, -0.2) is 77.2 Å². The van der Waals surface area contributed by atoms with Crippen molar-refractivity contribution >= 4 is 35.9 Å². The van der Waals surface area contributed by atoms with Crippen molar-refractivity contribution in [2.45, 2.75) is 69.5 Å². The SMILES string of the molecule is NC(N)=NCCC[C@@H](C=O)NC(=O)[C@@H]1CCCN1C(=O)[C@H](CCC(=O)O)NC(=O)CCc1ccccc1. The Balaban J connectivity index is 2.00. The minimum absolute atomic E-state index is 0.0589. The monoisotopic (exact) mass is 516 g/mol. The molecule has 0 unspecified atom stereocenters. The number of benzene rings is 1. The van der Waals surface area contributed by atoms with E-state index < -0.39 is 35.9 Å². The minimum Gasteiger partial charge on any atom is -0.481 e. The van der Waals surface area contributed by atoms with Crippen LogP contribution in [0.15, 0.2) is 35.3 Å². The topological polar surface area (TPSA) is 197 Å². The maximum absolute atomic E-state index is 13.3. The Labute approximate surface area is 215 Å². The lowest BCUT2D eigenvalue weighted by Crippen LogP contribution is -2.54. The number of rotatable bonds is 15. The van der Waals surface area contributed by atoms with Crippen molar-refractivity contribution < 1.29 is 29.1 Å². The van der Waals surface area contributed by atoms with Crippen LogP contribution in [0.2, 0.25) is 0 Å². The number of carbonyl (C=O) groups is 5. The van der Waals surface area contributed by atoms with Gasteiger partial charge in [0.15, 0.2) is 5.96 Å². The first-order chi connectivity index (χ1) is 17.7. The number of nitrogens with two attached hydrogens (primary N) is 2. The Bertz CT molecular complexity index is 966. The number of aldehydes is 1. The molecule has 12 heteroatoms. The Morgan fingerprint density at radius 1 is 1.11 bits per heavy atom. The number of guanidine groups is 1. The van der Waals surface area contributed by atoms with E-state index in [0.717, 1.165) is 5.56 Å². The van der Waals surface area contributed by atoms with Gasteiger partial charge >= 0.3 is 5.97 Å². The molecule has 12 nitrogen and oxygen atoms in total. The lowest BCUT2D eigenvalue weighted by Gasteiger charge is -2.29. The summed E-state index contributed by atoms with van der Waals surface area (Å²) in [6.07, 6.45) is 2.56. The second-order valence-electron chi connectivity index (χ2n) is 8.93. The van der Waals surface area contributed by atoms with Gasteiger partial charge in [0.05, 0.1) is 6.04 Å². The van der Waals surface area contributed by atoms with Crippen LogP contribution in [0.1, 0.15) is 50.5 Å². The van der Waals surface area contributed by atoms with Crippen molar-refractivity contribution in [1.82, 2.24) is 15.5 Å². The fourth-order valence-electron chi connectivity index (χ4n) is 4.17. The molecular weight excluding hydrogens is 480 g/mol. The quantitative estimate of drug-likeness (QED) is 0.0905. The predicted octanol–water partition coefficient (Wildman–Crippen LogP) is -0.303. The van der Waals surface area contributed by atoms with E-state index in [9.17, 15) is 24.0 Å². The molecule has 7 N–H and O–H groups in total. The molecule has 3 amide bonds. The molecule has 3 atom stereocenters. The molecule has 0 saturated carbocycles. The third-order valence-corrected chi connectivity index (χ3v) is 6.06. The molecule has 0 radical (unpaired) electrons. The van der Waals surface area contributed by atoms with E-state index in [2.05, 4.69) is 15.6 Å². The number of carboxylic acids is 1. The van der Waals surface area contributed by atoms with E-state index in [-0.39, 0.29) is 37.7 Å². The van der Waals surface area contributed by atoms with Gasteiger partial charge in [0.25, 0.3) is 0 Å². The molecule has 0 bridgehead atoms. The fraction of sp³-hybridized carbons (Fsp3) is 0.520. The van der Waals surface area contributed by atoms with Gasteiger partial charge in [0.2, 0.25) is 17.7 Å². The molecule has 0 aliphatic carbocycles. The van der Waals surface area contributed by atoms with Crippen molar-refractivity contribution in [3.8, 4) is 0 Å². The minimum atomic E-state index is -1.10. The number of hydrogen-bond donors (Lipinski definition) is 5. The second kappa shape index (κ2) is 15.2. The number of aliphatic carboxylic acids is 1. The lowest BCUT2D eigenvalue weighted by molar-refractivity contribution is -0.143. The first-order valence-electron chi connectivity index (χ1n) is 12.4. The Morgan fingerprint density at radius 2 is 1.84 bits per heavy atom. The molecule has 202 valence electrons. The highest BCUT2D eigenvalue weighted by atomic mass is 16.4. The van der Waals surface area contributed by atoms with Crippen molar-refractivity contribution in [3.63, 3.8) is 0 Å². The second-order valence-corrected chi connectivity index (χ2v) is 8.93. The van der Waals surface area contributed by atoms with E-state index in [4.69, 9.17) is 16.6 Å². The number of carboxylic acid groups (broad SMARTS) is 1. The molecule has 1 aromatic carbocycles. The average Bonchev–Trinajstić information content (AvgIpc) is 3.37. The molecule has 1 aliphatic heterocycles. The summed E-state index contributed by atoms with van der Waals surface area (Å²) in [6, 6.07) is 6.73. The first kappa shape index (κ1) is 29.3. The van der Waals surface area contributed by atoms with Crippen LogP contribution in [0, 0.1) is 0 Å². The van der Waals surface area contributed by atoms with Crippen LogP contribution < -0.4 is 22.1 Å². The molecule has 1 heterocycles. The Hall–Kier alpha value is -3.96. The summed E-state index contributed by atoms with van der Waals surface area (Å²) in [6.45, 7) is 0.600. The number of aliphatic imine (C=N–C) groups is 1. The van der Waals surface area contributed by atoms with Crippen LogP contribution in [0.5, 0.6) is 0 Å². The van der Waals surface area contributed by atoms with Gasteiger partial charge in [0, 0.05) is 25.9 Å². The molecule has 0 spiro atoms. The highest BCUT2D eigenvalue weighted by Gasteiger charge is 2.38.